The quantitative estimate of drug-likeness (QED) is 0.433. The molecule has 156 valence electrons. The van der Waals surface area contributed by atoms with Crippen LogP contribution in [0.5, 0.6) is 11.5 Å². The summed E-state index contributed by atoms with van der Waals surface area (Å²) in [6.45, 7) is 0.782. The first-order valence-corrected chi connectivity index (χ1v) is 10.6. The minimum atomic E-state index is -0.186. The van der Waals surface area contributed by atoms with Gasteiger partial charge in [0.05, 0.1) is 16.3 Å². The van der Waals surface area contributed by atoms with Crippen molar-refractivity contribution in [2.75, 3.05) is 7.11 Å². The zero-order valence-corrected chi connectivity index (χ0v) is 18.1. The standard InChI is InChI=1S/C23H22ClNO4S/c1-28-20-13-17(7-9-19(20)29-15-16-5-3-2-4-6-16)14-25-23(27)12-8-18(26)21-10-11-22(24)30-21/h2-7,9-11,13H,8,12,14-15H2,1H3,(H,25,27). The van der Waals surface area contributed by atoms with Crippen LogP contribution in [-0.2, 0) is 17.9 Å². The van der Waals surface area contributed by atoms with Crippen molar-refractivity contribution in [1.82, 2.24) is 5.32 Å². The van der Waals surface area contributed by atoms with Crippen LogP contribution in [0.4, 0.5) is 0 Å². The molecule has 2 aromatic carbocycles. The third kappa shape index (κ3) is 6.34. The van der Waals surface area contributed by atoms with E-state index in [0.29, 0.717) is 33.9 Å². The molecule has 0 aliphatic carbocycles. The number of ether oxygens (including phenoxy) is 2. The summed E-state index contributed by atoms with van der Waals surface area (Å²) in [5.74, 6) is 0.970. The van der Waals surface area contributed by atoms with Gasteiger partial charge in [-0.05, 0) is 35.4 Å². The molecule has 0 saturated carbocycles. The molecule has 0 aliphatic rings. The van der Waals surface area contributed by atoms with E-state index >= 15 is 0 Å². The predicted molar refractivity (Wildman–Crippen MR) is 119 cm³/mol. The number of thiophene rings is 1. The molecule has 30 heavy (non-hydrogen) atoms. The fraction of sp³-hybridized carbons (Fsp3) is 0.217. The molecule has 0 atom stereocenters. The minimum absolute atomic E-state index is 0.0800. The van der Waals surface area contributed by atoms with E-state index < -0.39 is 0 Å². The summed E-state index contributed by atoms with van der Waals surface area (Å²) in [5, 5.41) is 2.83. The first-order chi connectivity index (χ1) is 14.5. The van der Waals surface area contributed by atoms with Crippen LogP contribution in [0.15, 0.2) is 60.7 Å². The number of rotatable bonds is 10. The fourth-order valence-electron chi connectivity index (χ4n) is 2.78. The predicted octanol–water partition coefficient (Wildman–Crippen LogP) is 5.27. The molecule has 1 N–H and O–H groups in total. The summed E-state index contributed by atoms with van der Waals surface area (Å²) >= 11 is 7.06. The first kappa shape index (κ1) is 21.9. The molecule has 1 aromatic heterocycles. The lowest BCUT2D eigenvalue weighted by atomic mass is 10.1. The second kappa shape index (κ2) is 10.8. The Kier molecular flexibility index (Phi) is 7.88. The third-order valence-corrected chi connectivity index (χ3v) is 5.65. The molecule has 0 fully saturated rings. The van der Waals surface area contributed by atoms with Gasteiger partial charge in [0.25, 0.3) is 0 Å². The van der Waals surface area contributed by atoms with Gasteiger partial charge in [-0.3, -0.25) is 9.59 Å². The van der Waals surface area contributed by atoms with Crippen molar-refractivity contribution in [2.45, 2.75) is 26.0 Å². The highest BCUT2D eigenvalue weighted by Crippen LogP contribution is 2.29. The fourth-order valence-corrected chi connectivity index (χ4v) is 3.79. The van der Waals surface area contributed by atoms with E-state index in [1.54, 1.807) is 19.2 Å². The van der Waals surface area contributed by atoms with E-state index in [-0.39, 0.29) is 24.5 Å². The SMILES string of the molecule is COc1cc(CNC(=O)CCC(=O)c2ccc(Cl)s2)ccc1OCc1ccccc1. The molecule has 0 spiro atoms. The Morgan fingerprint density at radius 3 is 2.47 bits per heavy atom. The molecule has 0 unspecified atom stereocenters. The van der Waals surface area contributed by atoms with Crippen molar-refractivity contribution in [3.05, 3.63) is 81.0 Å². The van der Waals surface area contributed by atoms with Gasteiger partial charge in [-0.1, -0.05) is 48.0 Å². The summed E-state index contributed by atoms with van der Waals surface area (Å²) in [5.41, 5.74) is 1.94. The maximum absolute atomic E-state index is 12.1. The molecule has 0 bridgehead atoms. The van der Waals surface area contributed by atoms with Crippen molar-refractivity contribution in [3.63, 3.8) is 0 Å². The Morgan fingerprint density at radius 2 is 1.77 bits per heavy atom. The zero-order valence-electron chi connectivity index (χ0n) is 16.5. The van der Waals surface area contributed by atoms with Gasteiger partial charge in [0.15, 0.2) is 17.3 Å². The number of carbonyl (C=O) groups excluding carboxylic acids is 2. The van der Waals surface area contributed by atoms with Gasteiger partial charge in [0.2, 0.25) is 5.91 Å². The first-order valence-electron chi connectivity index (χ1n) is 9.44. The number of hydrogen-bond donors (Lipinski definition) is 1. The van der Waals surface area contributed by atoms with E-state index in [0.717, 1.165) is 11.1 Å². The average molecular weight is 444 g/mol. The highest BCUT2D eigenvalue weighted by atomic mass is 35.5. The second-order valence-corrected chi connectivity index (χ2v) is 8.28. The van der Waals surface area contributed by atoms with Gasteiger partial charge >= 0.3 is 0 Å². The number of Topliss-reactive ketones (excluding diaryl/α,β-unsaturated/α-hetero) is 1. The number of halogens is 1. The number of hydrogen-bond acceptors (Lipinski definition) is 5. The maximum atomic E-state index is 12.1. The average Bonchev–Trinajstić information content (AvgIpc) is 3.21. The minimum Gasteiger partial charge on any atom is -0.493 e. The molecular weight excluding hydrogens is 422 g/mol. The summed E-state index contributed by atoms with van der Waals surface area (Å²) in [7, 11) is 1.58. The largest absolute Gasteiger partial charge is 0.493 e. The van der Waals surface area contributed by atoms with Crippen LogP contribution < -0.4 is 14.8 Å². The Hall–Kier alpha value is -2.83. The number of carbonyl (C=O) groups is 2. The van der Waals surface area contributed by atoms with Crippen molar-refractivity contribution in [3.8, 4) is 11.5 Å². The molecule has 1 heterocycles. The van der Waals surface area contributed by atoms with Gasteiger partial charge in [-0.25, -0.2) is 0 Å². The monoisotopic (exact) mass is 443 g/mol. The number of ketones is 1. The van der Waals surface area contributed by atoms with Crippen LogP contribution in [0, 0.1) is 0 Å². The lowest BCUT2D eigenvalue weighted by Crippen LogP contribution is -2.23. The van der Waals surface area contributed by atoms with Gasteiger partial charge in [-0.15, -0.1) is 11.3 Å². The summed E-state index contributed by atoms with van der Waals surface area (Å²) in [6.07, 6.45) is 0.280. The van der Waals surface area contributed by atoms with Crippen LogP contribution in [0.3, 0.4) is 0 Å². The summed E-state index contributed by atoms with van der Waals surface area (Å²) < 4.78 is 11.8. The zero-order chi connectivity index (χ0) is 21.3. The number of methoxy groups -OCH3 is 1. The van der Waals surface area contributed by atoms with Crippen LogP contribution in [0.1, 0.15) is 33.6 Å². The Labute approximate surface area is 184 Å². The lowest BCUT2D eigenvalue weighted by Gasteiger charge is -2.13. The van der Waals surface area contributed by atoms with Crippen LogP contribution in [0.25, 0.3) is 0 Å². The van der Waals surface area contributed by atoms with Crippen molar-refractivity contribution >= 4 is 34.6 Å². The van der Waals surface area contributed by atoms with Crippen LogP contribution >= 0.6 is 22.9 Å². The van der Waals surface area contributed by atoms with Crippen molar-refractivity contribution in [1.29, 1.82) is 0 Å². The van der Waals surface area contributed by atoms with Crippen LogP contribution in [0.2, 0.25) is 4.34 Å². The van der Waals surface area contributed by atoms with Gasteiger partial charge in [-0.2, -0.15) is 0 Å². The van der Waals surface area contributed by atoms with Crippen LogP contribution in [-0.4, -0.2) is 18.8 Å². The maximum Gasteiger partial charge on any atom is 0.220 e. The third-order valence-electron chi connectivity index (χ3n) is 4.38. The van der Waals surface area contributed by atoms with E-state index in [1.165, 1.54) is 11.3 Å². The Bertz CT molecular complexity index is 1000. The molecule has 5 nitrogen and oxygen atoms in total. The highest BCUT2D eigenvalue weighted by molar-refractivity contribution is 7.18. The summed E-state index contributed by atoms with van der Waals surface area (Å²) in [4.78, 5) is 24.7. The molecule has 3 aromatic rings. The molecular formula is C23H22ClNO4S. The highest BCUT2D eigenvalue weighted by Gasteiger charge is 2.12. The summed E-state index contributed by atoms with van der Waals surface area (Å²) in [6, 6.07) is 18.8. The van der Waals surface area contributed by atoms with Gasteiger partial charge in [0.1, 0.15) is 6.61 Å². The Morgan fingerprint density at radius 1 is 0.967 bits per heavy atom. The van der Waals surface area contributed by atoms with Gasteiger partial charge in [0, 0.05) is 19.4 Å². The lowest BCUT2D eigenvalue weighted by molar-refractivity contribution is -0.121. The van der Waals surface area contributed by atoms with Crippen molar-refractivity contribution < 1.29 is 19.1 Å². The molecule has 7 heteroatoms. The number of nitrogens with one attached hydrogen (secondary N) is 1. The smallest absolute Gasteiger partial charge is 0.220 e. The van der Waals surface area contributed by atoms with E-state index in [1.807, 2.05) is 48.5 Å². The topological polar surface area (TPSA) is 64.6 Å². The van der Waals surface area contributed by atoms with E-state index in [4.69, 9.17) is 21.1 Å². The Balaban J connectivity index is 1.48. The molecule has 3 rings (SSSR count). The molecule has 1 amide bonds. The van der Waals surface area contributed by atoms with E-state index in [2.05, 4.69) is 5.32 Å². The number of amides is 1. The molecule has 0 saturated heterocycles. The second-order valence-electron chi connectivity index (χ2n) is 6.56. The van der Waals surface area contributed by atoms with E-state index in [9.17, 15) is 9.59 Å². The normalized spacial score (nSPS) is 10.5. The number of benzene rings is 2. The van der Waals surface area contributed by atoms with Crippen molar-refractivity contribution in [2.24, 2.45) is 0 Å². The molecule has 0 aliphatic heterocycles. The molecule has 0 radical (unpaired) electrons. The van der Waals surface area contributed by atoms with Gasteiger partial charge < -0.3 is 14.8 Å².